The Morgan fingerprint density at radius 1 is 1.16 bits per heavy atom. The number of ketones is 1. The van der Waals surface area contributed by atoms with Crippen molar-refractivity contribution in [2.45, 2.75) is 64.4 Å². The van der Waals surface area contributed by atoms with E-state index < -0.39 is 0 Å². The van der Waals surface area contributed by atoms with Gasteiger partial charge in [0.05, 0.1) is 6.10 Å². The Kier molecular flexibility index (Phi) is 8.25. The molecule has 0 aromatic heterocycles. The molecule has 1 aromatic rings. The van der Waals surface area contributed by atoms with E-state index in [-0.39, 0.29) is 23.7 Å². The lowest BCUT2D eigenvalue weighted by Gasteiger charge is -2.18. The summed E-state index contributed by atoms with van der Waals surface area (Å²) in [4.78, 5) is 25.7. The lowest BCUT2D eigenvalue weighted by Crippen LogP contribution is -2.21. The number of carbonyl (C=O) groups is 2. The standard InChI is InChI=1S/C27H37NO3/c1-19-7-6-9-20(15-19)11-12-23(29)13-14-24-25-17-21(16-22(25)18-26(24)30)8-4-5-10-27(31)28(2)3/h6-7,9,13-16,22,24-26,30H,4-5,8,10-12,17-18H2,1-3H3/t22-,24+,25-,26+/m0/s1. The number of aliphatic hydroxyl groups excluding tert-OH is 1. The van der Waals surface area contributed by atoms with Crippen molar-refractivity contribution in [1.29, 1.82) is 0 Å². The SMILES string of the molecule is Cc1cccc(CCC(=O)C=C[C@@H]2[C@H]3CC(CCCCC(=O)N(C)C)=C[C@H]3C[C@H]2O)c1. The molecule has 168 valence electrons. The van der Waals surface area contributed by atoms with Crippen molar-refractivity contribution in [3.63, 3.8) is 0 Å². The van der Waals surface area contributed by atoms with Crippen molar-refractivity contribution in [1.82, 2.24) is 4.90 Å². The van der Waals surface area contributed by atoms with Crippen LogP contribution in [0, 0.1) is 24.7 Å². The molecule has 0 aliphatic heterocycles. The summed E-state index contributed by atoms with van der Waals surface area (Å²) in [5.41, 5.74) is 3.87. The lowest BCUT2D eigenvalue weighted by molar-refractivity contribution is -0.128. The second-order valence-corrected chi connectivity index (χ2v) is 9.55. The highest BCUT2D eigenvalue weighted by Crippen LogP contribution is 2.48. The Morgan fingerprint density at radius 3 is 2.71 bits per heavy atom. The van der Waals surface area contributed by atoms with E-state index in [1.807, 2.05) is 12.1 Å². The van der Waals surface area contributed by atoms with Crippen molar-refractivity contribution >= 4 is 11.7 Å². The van der Waals surface area contributed by atoms with E-state index in [9.17, 15) is 14.7 Å². The number of nitrogens with zero attached hydrogens (tertiary/aromatic N) is 1. The van der Waals surface area contributed by atoms with E-state index >= 15 is 0 Å². The average molecular weight is 424 g/mol. The summed E-state index contributed by atoms with van der Waals surface area (Å²) in [5.74, 6) is 1.23. The first-order valence-electron chi connectivity index (χ1n) is 11.7. The third-order valence-corrected chi connectivity index (χ3v) is 6.83. The summed E-state index contributed by atoms with van der Waals surface area (Å²) in [7, 11) is 3.60. The highest BCUT2D eigenvalue weighted by Gasteiger charge is 2.43. The number of hydrogen-bond donors (Lipinski definition) is 1. The van der Waals surface area contributed by atoms with Gasteiger partial charge >= 0.3 is 0 Å². The van der Waals surface area contributed by atoms with Crippen LogP contribution in [0.15, 0.2) is 48.1 Å². The maximum absolute atomic E-state index is 12.4. The zero-order valence-corrected chi connectivity index (χ0v) is 19.2. The van der Waals surface area contributed by atoms with Crippen LogP contribution in [0.4, 0.5) is 0 Å². The molecule has 1 saturated carbocycles. The molecule has 2 aliphatic rings. The molecule has 4 heteroatoms. The summed E-state index contributed by atoms with van der Waals surface area (Å²) in [6.45, 7) is 2.07. The van der Waals surface area contributed by atoms with Gasteiger partial charge in [-0.3, -0.25) is 9.59 Å². The molecule has 1 aromatic carbocycles. The number of unbranched alkanes of at least 4 members (excludes halogenated alkanes) is 1. The molecule has 0 unspecified atom stereocenters. The van der Waals surface area contributed by atoms with Crippen molar-refractivity contribution in [3.05, 3.63) is 59.2 Å². The molecule has 1 fully saturated rings. The minimum atomic E-state index is -0.355. The zero-order valence-electron chi connectivity index (χ0n) is 19.2. The molecule has 0 spiro atoms. The van der Waals surface area contributed by atoms with Gasteiger partial charge in [-0.15, -0.1) is 0 Å². The van der Waals surface area contributed by atoms with Crippen molar-refractivity contribution in [3.8, 4) is 0 Å². The van der Waals surface area contributed by atoms with Crippen LogP contribution < -0.4 is 0 Å². The number of allylic oxidation sites excluding steroid dienone is 3. The Bertz CT molecular complexity index is 839. The molecule has 4 atom stereocenters. The summed E-state index contributed by atoms with van der Waals surface area (Å²) in [6, 6.07) is 8.29. The molecule has 3 rings (SSSR count). The molecule has 0 heterocycles. The predicted molar refractivity (Wildman–Crippen MR) is 125 cm³/mol. The molecule has 2 aliphatic carbocycles. The Morgan fingerprint density at radius 2 is 1.97 bits per heavy atom. The number of aryl methyl sites for hydroxylation is 2. The molecule has 1 N–H and O–H groups in total. The molecular formula is C27H37NO3. The molecule has 0 radical (unpaired) electrons. The molecule has 31 heavy (non-hydrogen) atoms. The van der Waals surface area contributed by atoms with Crippen LogP contribution in [0.3, 0.4) is 0 Å². The fraction of sp³-hybridized carbons (Fsp3) is 0.556. The molecule has 0 bridgehead atoms. The zero-order chi connectivity index (χ0) is 22.4. The summed E-state index contributed by atoms with van der Waals surface area (Å²) >= 11 is 0. The smallest absolute Gasteiger partial charge is 0.222 e. The quantitative estimate of drug-likeness (QED) is 0.339. The van der Waals surface area contributed by atoms with E-state index in [4.69, 9.17) is 0 Å². The number of carbonyl (C=O) groups excluding carboxylic acids is 2. The molecule has 4 nitrogen and oxygen atoms in total. The third-order valence-electron chi connectivity index (χ3n) is 6.83. The molecule has 1 amide bonds. The van der Waals surface area contributed by atoms with Crippen LogP contribution in [0.5, 0.6) is 0 Å². The summed E-state index contributed by atoms with van der Waals surface area (Å²) in [5, 5.41) is 10.5. The van der Waals surface area contributed by atoms with E-state index in [1.54, 1.807) is 25.1 Å². The van der Waals surface area contributed by atoms with Gasteiger partial charge in [-0.1, -0.05) is 47.6 Å². The maximum Gasteiger partial charge on any atom is 0.222 e. The normalized spacial score (nSPS) is 25.0. The van der Waals surface area contributed by atoms with Gasteiger partial charge < -0.3 is 10.0 Å². The fourth-order valence-electron chi connectivity index (χ4n) is 5.08. The van der Waals surface area contributed by atoms with E-state index in [2.05, 4.69) is 31.2 Å². The van der Waals surface area contributed by atoms with Crippen LogP contribution in [0.1, 0.15) is 56.1 Å². The lowest BCUT2D eigenvalue weighted by atomic mass is 9.88. The fourth-order valence-corrected chi connectivity index (χ4v) is 5.08. The minimum Gasteiger partial charge on any atom is -0.392 e. The van der Waals surface area contributed by atoms with E-state index in [0.29, 0.717) is 24.7 Å². The first-order chi connectivity index (χ1) is 14.8. The molecule has 0 saturated heterocycles. The van der Waals surface area contributed by atoms with Gasteiger partial charge in [0, 0.05) is 32.9 Å². The summed E-state index contributed by atoms with van der Waals surface area (Å²) < 4.78 is 0. The number of aliphatic hydroxyl groups is 1. The number of fused-ring (bicyclic) bond motifs is 1. The van der Waals surface area contributed by atoms with Gasteiger partial charge in [0.15, 0.2) is 5.78 Å². The maximum atomic E-state index is 12.4. The van der Waals surface area contributed by atoms with E-state index in [1.165, 1.54) is 16.7 Å². The third kappa shape index (κ3) is 6.64. The Balaban J connectivity index is 1.44. The van der Waals surface area contributed by atoms with Gasteiger partial charge in [-0.2, -0.15) is 0 Å². The van der Waals surface area contributed by atoms with Gasteiger partial charge in [0.1, 0.15) is 0 Å². The predicted octanol–water partition coefficient (Wildman–Crippen LogP) is 4.64. The topological polar surface area (TPSA) is 57.6 Å². The first kappa shape index (κ1) is 23.5. The summed E-state index contributed by atoms with van der Waals surface area (Å²) in [6.07, 6.45) is 12.3. The Labute approximate surface area is 187 Å². The van der Waals surface area contributed by atoms with Crippen LogP contribution in [-0.2, 0) is 16.0 Å². The van der Waals surface area contributed by atoms with Crippen LogP contribution >= 0.6 is 0 Å². The second-order valence-electron chi connectivity index (χ2n) is 9.55. The van der Waals surface area contributed by atoms with Gasteiger partial charge in [0.25, 0.3) is 0 Å². The first-order valence-corrected chi connectivity index (χ1v) is 11.7. The van der Waals surface area contributed by atoms with Crippen molar-refractivity contribution in [2.24, 2.45) is 17.8 Å². The van der Waals surface area contributed by atoms with Crippen molar-refractivity contribution in [2.75, 3.05) is 14.1 Å². The number of rotatable bonds is 10. The second kappa shape index (κ2) is 10.9. The number of amides is 1. The average Bonchev–Trinajstić information content (AvgIpc) is 3.24. The number of hydrogen-bond acceptors (Lipinski definition) is 3. The van der Waals surface area contributed by atoms with Crippen LogP contribution in [0.2, 0.25) is 0 Å². The highest BCUT2D eigenvalue weighted by atomic mass is 16.3. The van der Waals surface area contributed by atoms with Gasteiger partial charge in [0.2, 0.25) is 5.91 Å². The van der Waals surface area contributed by atoms with Crippen LogP contribution in [0.25, 0.3) is 0 Å². The number of benzene rings is 1. The molecular weight excluding hydrogens is 386 g/mol. The van der Waals surface area contributed by atoms with Gasteiger partial charge in [-0.25, -0.2) is 0 Å². The Hall–Kier alpha value is -2.20. The van der Waals surface area contributed by atoms with Crippen LogP contribution in [-0.4, -0.2) is 41.9 Å². The van der Waals surface area contributed by atoms with E-state index in [0.717, 1.165) is 38.5 Å². The highest BCUT2D eigenvalue weighted by molar-refractivity contribution is 5.89. The van der Waals surface area contributed by atoms with Crippen molar-refractivity contribution < 1.29 is 14.7 Å². The largest absolute Gasteiger partial charge is 0.392 e. The minimum absolute atomic E-state index is 0.0667. The van der Waals surface area contributed by atoms with Gasteiger partial charge in [-0.05, 0) is 68.9 Å². The monoisotopic (exact) mass is 423 g/mol.